The van der Waals surface area contributed by atoms with Gasteiger partial charge in [-0.2, -0.15) is 0 Å². The molecule has 0 radical (unpaired) electrons. The van der Waals surface area contributed by atoms with Crippen LogP contribution in [0.3, 0.4) is 0 Å². The van der Waals surface area contributed by atoms with Crippen molar-refractivity contribution in [2.75, 3.05) is 26.8 Å². The lowest BCUT2D eigenvalue weighted by molar-refractivity contribution is 0.282. The van der Waals surface area contributed by atoms with Crippen molar-refractivity contribution >= 4 is 11.0 Å². The topological polar surface area (TPSA) is 39.5 Å². The van der Waals surface area contributed by atoms with E-state index in [0.29, 0.717) is 6.61 Å². The maximum absolute atomic E-state index is 6.02. The van der Waals surface area contributed by atoms with Gasteiger partial charge in [0.05, 0.1) is 31.3 Å². The third-order valence-electron chi connectivity index (χ3n) is 5.94. The van der Waals surface area contributed by atoms with Crippen LogP contribution < -0.4 is 9.47 Å². The number of benzene rings is 2. The Labute approximate surface area is 185 Å². The van der Waals surface area contributed by atoms with Gasteiger partial charge in [0.2, 0.25) is 0 Å². The quantitative estimate of drug-likeness (QED) is 0.315. The van der Waals surface area contributed by atoms with E-state index < -0.39 is 0 Å². The standard InChI is InChI=1S/C26H33N3O2/c1-3-10-21-13-14-24(25(19-21)30-2)31-18-9-8-17-29-23-12-5-4-11-22(23)27-26(29)20-28-15-6-7-16-28/h3-5,11-14,19H,1,6-10,15-18,20H2,2H3. The first-order valence-corrected chi connectivity index (χ1v) is 11.4. The predicted octanol–water partition coefficient (Wildman–Crippen LogP) is 5.23. The number of aromatic nitrogens is 2. The van der Waals surface area contributed by atoms with Crippen LogP contribution in [0.5, 0.6) is 11.5 Å². The largest absolute Gasteiger partial charge is 0.493 e. The first kappa shape index (κ1) is 21.4. The highest BCUT2D eigenvalue weighted by atomic mass is 16.5. The highest BCUT2D eigenvalue weighted by Crippen LogP contribution is 2.28. The number of methoxy groups -OCH3 is 1. The smallest absolute Gasteiger partial charge is 0.161 e. The van der Waals surface area contributed by atoms with Crippen molar-refractivity contribution in [3.8, 4) is 11.5 Å². The second-order valence-electron chi connectivity index (χ2n) is 8.19. The van der Waals surface area contributed by atoms with Crippen molar-refractivity contribution in [2.24, 2.45) is 0 Å². The van der Waals surface area contributed by atoms with E-state index in [1.807, 2.05) is 18.2 Å². The van der Waals surface area contributed by atoms with E-state index >= 15 is 0 Å². The van der Waals surface area contributed by atoms with E-state index in [1.54, 1.807) is 7.11 Å². The Bertz CT molecular complexity index is 1010. The molecule has 0 spiro atoms. The molecule has 0 saturated carbocycles. The van der Waals surface area contributed by atoms with Crippen LogP contribution in [0.2, 0.25) is 0 Å². The van der Waals surface area contributed by atoms with Gasteiger partial charge in [-0.25, -0.2) is 4.98 Å². The molecular weight excluding hydrogens is 386 g/mol. The average molecular weight is 420 g/mol. The number of likely N-dealkylation sites (tertiary alicyclic amines) is 1. The highest BCUT2D eigenvalue weighted by Gasteiger charge is 2.17. The van der Waals surface area contributed by atoms with Crippen molar-refractivity contribution in [1.82, 2.24) is 14.5 Å². The molecule has 164 valence electrons. The molecule has 4 rings (SSSR count). The molecule has 2 aromatic carbocycles. The fraction of sp³-hybridized carbons (Fsp3) is 0.423. The van der Waals surface area contributed by atoms with E-state index in [0.717, 1.165) is 49.4 Å². The lowest BCUT2D eigenvalue weighted by Crippen LogP contribution is -2.21. The van der Waals surface area contributed by atoms with Gasteiger partial charge in [0.25, 0.3) is 0 Å². The minimum atomic E-state index is 0.672. The van der Waals surface area contributed by atoms with Crippen molar-refractivity contribution in [1.29, 1.82) is 0 Å². The summed E-state index contributed by atoms with van der Waals surface area (Å²) >= 11 is 0. The zero-order chi connectivity index (χ0) is 21.5. The zero-order valence-electron chi connectivity index (χ0n) is 18.6. The van der Waals surface area contributed by atoms with Crippen molar-refractivity contribution in [3.63, 3.8) is 0 Å². The summed E-state index contributed by atoms with van der Waals surface area (Å²) in [7, 11) is 1.69. The van der Waals surface area contributed by atoms with Gasteiger partial charge in [0.15, 0.2) is 11.5 Å². The van der Waals surface area contributed by atoms with E-state index in [-0.39, 0.29) is 0 Å². The Hall–Kier alpha value is -2.79. The lowest BCUT2D eigenvalue weighted by atomic mass is 10.1. The minimum absolute atomic E-state index is 0.672. The number of ether oxygens (including phenoxy) is 2. The molecule has 0 unspecified atom stereocenters. The van der Waals surface area contributed by atoms with Crippen LogP contribution >= 0.6 is 0 Å². The molecular formula is C26H33N3O2. The van der Waals surface area contributed by atoms with Gasteiger partial charge in [-0.15, -0.1) is 6.58 Å². The molecule has 5 nitrogen and oxygen atoms in total. The summed E-state index contributed by atoms with van der Waals surface area (Å²) in [6, 6.07) is 14.6. The Balaban J connectivity index is 1.35. The minimum Gasteiger partial charge on any atom is -0.493 e. The number of hydrogen-bond donors (Lipinski definition) is 0. The summed E-state index contributed by atoms with van der Waals surface area (Å²) in [6.45, 7) is 8.74. The molecule has 1 aliphatic rings. The van der Waals surface area contributed by atoms with Gasteiger partial charge in [0.1, 0.15) is 5.82 Å². The summed E-state index contributed by atoms with van der Waals surface area (Å²) in [5.41, 5.74) is 3.51. The van der Waals surface area contributed by atoms with E-state index in [1.165, 1.54) is 42.8 Å². The number of unbranched alkanes of at least 4 members (excludes halogenated alkanes) is 1. The molecule has 1 saturated heterocycles. The monoisotopic (exact) mass is 419 g/mol. The number of rotatable bonds is 11. The molecule has 0 aliphatic carbocycles. The molecule has 31 heavy (non-hydrogen) atoms. The number of fused-ring (bicyclic) bond motifs is 1. The molecule has 1 aromatic heterocycles. The number of hydrogen-bond acceptors (Lipinski definition) is 4. The summed E-state index contributed by atoms with van der Waals surface area (Å²) in [4.78, 5) is 7.45. The Morgan fingerprint density at radius 3 is 2.71 bits per heavy atom. The summed E-state index contributed by atoms with van der Waals surface area (Å²) in [5.74, 6) is 2.77. The highest BCUT2D eigenvalue weighted by molar-refractivity contribution is 5.75. The van der Waals surface area contributed by atoms with Gasteiger partial charge in [0, 0.05) is 6.54 Å². The third kappa shape index (κ3) is 5.28. The molecule has 0 bridgehead atoms. The second-order valence-corrected chi connectivity index (χ2v) is 8.19. The molecule has 5 heteroatoms. The van der Waals surface area contributed by atoms with Crippen LogP contribution in [-0.2, 0) is 19.5 Å². The van der Waals surface area contributed by atoms with E-state index in [2.05, 4.69) is 46.4 Å². The SMILES string of the molecule is C=CCc1ccc(OCCCCn2c(CN3CCCC3)nc3ccccc32)c(OC)c1. The normalized spacial score (nSPS) is 14.2. The molecule has 3 aromatic rings. The van der Waals surface area contributed by atoms with Gasteiger partial charge in [-0.1, -0.05) is 24.3 Å². The zero-order valence-corrected chi connectivity index (χ0v) is 18.6. The maximum Gasteiger partial charge on any atom is 0.161 e. The number of imidazole rings is 1. The fourth-order valence-corrected chi connectivity index (χ4v) is 4.32. The van der Waals surface area contributed by atoms with Crippen molar-refractivity contribution in [3.05, 3.63) is 66.5 Å². The third-order valence-corrected chi connectivity index (χ3v) is 5.94. The van der Waals surface area contributed by atoms with Crippen LogP contribution in [0, 0.1) is 0 Å². The van der Waals surface area contributed by atoms with Crippen LogP contribution in [0.15, 0.2) is 55.1 Å². The summed E-state index contributed by atoms with van der Waals surface area (Å²) in [5, 5.41) is 0. The summed E-state index contributed by atoms with van der Waals surface area (Å²) < 4.78 is 13.9. The maximum atomic E-state index is 6.02. The molecule has 0 atom stereocenters. The van der Waals surface area contributed by atoms with Gasteiger partial charge < -0.3 is 14.0 Å². The van der Waals surface area contributed by atoms with E-state index in [9.17, 15) is 0 Å². The molecule has 2 heterocycles. The number of aryl methyl sites for hydroxylation is 1. The van der Waals surface area contributed by atoms with Gasteiger partial charge in [-0.3, -0.25) is 4.90 Å². The fourth-order valence-electron chi connectivity index (χ4n) is 4.32. The van der Waals surface area contributed by atoms with Crippen LogP contribution in [-0.4, -0.2) is 41.3 Å². The van der Waals surface area contributed by atoms with Crippen LogP contribution in [0.4, 0.5) is 0 Å². The van der Waals surface area contributed by atoms with Crippen molar-refractivity contribution in [2.45, 2.75) is 45.2 Å². The average Bonchev–Trinajstić information content (AvgIpc) is 3.42. The second kappa shape index (κ2) is 10.5. The first-order valence-electron chi connectivity index (χ1n) is 11.4. The number of para-hydroxylation sites is 2. The summed E-state index contributed by atoms with van der Waals surface area (Å²) in [6.07, 6.45) is 7.35. The van der Waals surface area contributed by atoms with Crippen molar-refractivity contribution < 1.29 is 9.47 Å². The Kier molecular flexibility index (Phi) is 7.26. The van der Waals surface area contributed by atoms with E-state index in [4.69, 9.17) is 14.5 Å². The molecule has 0 N–H and O–H groups in total. The predicted molar refractivity (Wildman–Crippen MR) is 126 cm³/mol. The molecule has 1 fully saturated rings. The van der Waals surface area contributed by atoms with Crippen LogP contribution in [0.1, 0.15) is 37.1 Å². The number of nitrogens with zero attached hydrogens (tertiary/aromatic N) is 3. The van der Waals surface area contributed by atoms with Gasteiger partial charge in [-0.05, 0) is 75.0 Å². The molecule has 1 aliphatic heterocycles. The van der Waals surface area contributed by atoms with Gasteiger partial charge >= 0.3 is 0 Å². The Morgan fingerprint density at radius 1 is 1.06 bits per heavy atom. The number of allylic oxidation sites excluding steroid dienone is 1. The Morgan fingerprint density at radius 2 is 1.90 bits per heavy atom. The first-order chi connectivity index (χ1) is 15.3. The van der Waals surface area contributed by atoms with Crippen LogP contribution in [0.25, 0.3) is 11.0 Å². The lowest BCUT2D eigenvalue weighted by Gasteiger charge is -2.16. The molecule has 0 amide bonds.